The van der Waals surface area contributed by atoms with Gasteiger partial charge in [-0.2, -0.15) is 5.10 Å². The van der Waals surface area contributed by atoms with Gasteiger partial charge in [-0.15, -0.1) is 0 Å². The van der Waals surface area contributed by atoms with Crippen LogP contribution in [0, 0.1) is 5.92 Å². The molecule has 1 saturated carbocycles. The molecule has 1 aromatic heterocycles. The summed E-state index contributed by atoms with van der Waals surface area (Å²) in [6.45, 7) is 5.06. The minimum absolute atomic E-state index is 0.0692. The van der Waals surface area contributed by atoms with Crippen LogP contribution in [0.5, 0.6) is 0 Å². The zero-order valence-corrected chi connectivity index (χ0v) is 17.2. The Balaban J connectivity index is 1.26. The number of hydrogen-bond donors (Lipinski definition) is 1. The molecule has 1 aliphatic carbocycles. The second kappa shape index (κ2) is 9.71. The van der Waals surface area contributed by atoms with E-state index in [1.165, 1.54) is 12.8 Å². The number of amides is 2. The number of hydrogen-bond acceptors (Lipinski definition) is 5. The molecular weight excluding hydrogens is 370 g/mol. The number of ether oxygens (including phenoxy) is 1. The molecule has 8 heteroatoms. The monoisotopic (exact) mass is 403 g/mol. The van der Waals surface area contributed by atoms with Gasteiger partial charge in [0, 0.05) is 70.0 Å². The molecular formula is C21H33N5O3. The van der Waals surface area contributed by atoms with E-state index in [4.69, 9.17) is 4.74 Å². The molecule has 0 bridgehead atoms. The first-order chi connectivity index (χ1) is 14.2. The second-order valence-corrected chi connectivity index (χ2v) is 8.55. The molecule has 1 aromatic rings. The fraction of sp³-hybridized carbons (Fsp3) is 0.762. The minimum atomic E-state index is 0.0692. The van der Waals surface area contributed by atoms with Crippen LogP contribution in [0.15, 0.2) is 18.5 Å². The van der Waals surface area contributed by atoms with Crippen LogP contribution in [-0.2, 0) is 20.9 Å². The van der Waals surface area contributed by atoms with Gasteiger partial charge in [-0.25, -0.2) is 0 Å². The topological polar surface area (TPSA) is 79.7 Å². The maximum Gasteiger partial charge on any atom is 0.224 e. The van der Waals surface area contributed by atoms with Crippen molar-refractivity contribution < 1.29 is 14.3 Å². The molecule has 3 aliphatic rings. The first kappa shape index (κ1) is 20.3. The van der Waals surface area contributed by atoms with Gasteiger partial charge in [0.1, 0.15) is 0 Å². The number of aryl methyl sites for hydroxylation is 1. The SMILES string of the molecule is O=C(CCn1cccn1)NC[C@@H]1CC[C@H](CC(=O)N2CCOCC2)N1CC1CC1. The molecule has 2 amide bonds. The quantitative estimate of drug-likeness (QED) is 0.662. The van der Waals surface area contributed by atoms with E-state index in [9.17, 15) is 9.59 Å². The molecule has 2 atom stereocenters. The molecule has 4 rings (SSSR count). The lowest BCUT2D eigenvalue weighted by Gasteiger charge is -2.33. The van der Waals surface area contributed by atoms with Crippen molar-refractivity contribution in [2.45, 2.75) is 57.2 Å². The van der Waals surface area contributed by atoms with E-state index in [0.29, 0.717) is 64.3 Å². The van der Waals surface area contributed by atoms with Gasteiger partial charge in [0.05, 0.1) is 13.2 Å². The van der Waals surface area contributed by atoms with Crippen LogP contribution in [0.2, 0.25) is 0 Å². The fourth-order valence-corrected chi connectivity index (χ4v) is 4.46. The molecule has 8 nitrogen and oxygen atoms in total. The predicted molar refractivity (Wildman–Crippen MR) is 108 cm³/mol. The van der Waals surface area contributed by atoms with Crippen LogP contribution in [0.25, 0.3) is 0 Å². The third-order valence-electron chi connectivity index (χ3n) is 6.37. The van der Waals surface area contributed by atoms with Gasteiger partial charge in [0.2, 0.25) is 11.8 Å². The Kier molecular flexibility index (Phi) is 6.82. The van der Waals surface area contributed by atoms with Crippen LogP contribution < -0.4 is 5.32 Å². The van der Waals surface area contributed by atoms with E-state index >= 15 is 0 Å². The third kappa shape index (κ3) is 5.79. The Labute approximate surface area is 172 Å². The number of rotatable bonds is 9. The first-order valence-corrected chi connectivity index (χ1v) is 11.0. The van der Waals surface area contributed by atoms with E-state index in [-0.39, 0.29) is 11.8 Å². The summed E-state index contributed by atoms with van der Waals surface area (Å²) in [4.78, 5) is 29.5. The van der Waals surface area contributed by atoms with Crippen molar-refractivity contribution in [3.8, 4) is 0 Å². The first-order valence-electron chi connectivity index (χ1n) is 11.0. The van der Waals surface area contributed by atoms with Crippen LogP contribution in [-0.4, -0.2) is 82.9 Å². The van der Waals surface area contributed by atoms with Gasteiger partial charge >= 0.3 is 0 Å². The van der Waals surface area contributed by atoms with Gasteiger partial charge in [0.25, 0.3) is 0 Å². The van der Waals surface area contributed by atoms with Crippen molar-refractivity contribution in [1.82, 2.24) is 24.9 Å². The van der Waals surface area contributed by atoms with E-state index in [1.54, 1.807) is 10.9 Å². The normalized spacial score (nSPS) is 25.3. The largest absolute Gasteiger partial charge is 0.378 e. The Morgan fingerprint density at radius 2 is 1.90 bits per heavy atom. The van der Waals surface area contributed by atoms with E-state index in [1.807, 2.05) is 17.2 Å². The van der Waals surface area contributed by atoms with Gasteiger partial charge in [-0.3, -0.25) is 19.2 Å². The molecule has 29 heavy (non-hydrogen) atoms. The van der Waals surface area contributed by atoms with Gasteiger partial charge in [-0.05, 0) is 37.7 Å². The average molecular weight is 404 g/mol. The fourth-order valence-electron chi connectivity index (χ4n) is 4.46. The molecule has 0 unspecified atom stereocenters. The van der Waals surface area contributed by atoms with Crippen LogP contribution in [0.3, 0.4) is 0 Å². The number of nitrogens with zero attached hydrogens (tertiary/aromatic N) is 4. The van der Waals surface area contributed by atoms with Gasteiger partial charge in [-0.1, -0.05) is 0 Å². The van der Waals surface area contributed by atoms with E-state index in [2.05, 4.69) is 15.3 Å². The highest BCUT2D eigenvalue weighted by molar-refractivity contribution is 5.77. The number of carbonyl (C=O) groups is 2. The Bertz CT molecular complexity index is 670. The summed E-state index contributed by atoms with van der Waals surface area (Å²) in [6.07, 6.45) is 9.31. The molecule has 3 heterocycles. The Morgan fingerprint density at radius 3 is 2.62 bits per heavy atom. The van der Waals surface area contributed by atoms with Crippen molar-refractivity contribution in [2.24, 2.45) is 5.92 Å². The zero-order valence-electron chi connectivity index (χ0n) is 17.2. The third-order valence-corrected chi connectivity index (χ3v) is 6.37. The summed E-state index contributed by atoms with van der Waals surface area (Å²) in [6, 6.07) is 2.51. The lowest BCUT2D eigenvalue weighted by atomic mass is 10.1. The van der Waals surface area contributed by atoms with Crippen molar-refractivity contribution in [1.29, 1.82) is 0 Å². The minimum Gasteiger partial charge on any atom is -0.378 e. The lowest BCUT2D eigenvalue weighted by Crippen LogP contribution is -2.47. The molecule has 0 spiro atoms. The number of aromatic nitrogens is 2. The smallest absolute Gasteiger partial charge is 0.224 e. The number of nitrogens with one attached hydrogen (secondary N) is 1. The molecule has 2 aliphatic heterocycles. The number of morpholine rings is 1. The second-order valence-electron chi connectivity index (χ2n) is 8.55. The van der Waals surface area contributed by atoms with Crippen molar-refractivity contribution in [3.63, 3.8) is 0 Å². The number of likely N-dealkylation sites (tertiary alicyclic amines) is 1. The lowest BCUT2D eigenvalue weighted by molar-refractivity contribution is -0.136. The summed E-state index contributed by atoms with van der Waals surface area (Å²) >= 11 is 0. The zero-order chi connectivity index (χ0) is 20.1. The Hall–Kier alpha value is -1.93. The van der Waals surface area contributed by atoms with Crippen LogP contribution >= 0.6 is 0 Å². The summed E-state index contributed by atoms with van der Waals surface area (Å²) in [5.41, 5.74) is 0. The average Bonchev–Trinajstić information content (AvgIpc) is 3.26. The summed E-state index contributed by atoms with van der Waals surface area (Å²) < 4.78 is 7.15. The number of carbonyl (C=O) groups excluding carboxylic acids is 2. The molecule has 0 aromatic carbocycles. The van der Waals surface area contributed by atoms with Crippen LogP contribution in [0.4, 0.5) is 0 Å². The summed E-state index contributed by atoms with van der Waals surface area (Å²) in [5, 5.41) is 7.25. The molecule has 3 fully saturated rings. The highest BCUT2D eigenvalue weighted by atomic mass is 16.5. The standard InChI is InChI=1S/C21H33N5O3/c27-20(6-9-25-8-1-7-23-25)22-15-19-5-4-18(26(19)16-17-2-3-17)14-21(28)24-10-12-29-13-11-24/h1,7-8,17-19H,2-6,9-16H2,(H,22,27)/t18-,19+/m1/s1. The van der Waals surface area contributed by atoms with Gasteiger partial charge in [0.15, 0.2) is 0 Å². The van der Waals surface area contributed by atoms with Gasteiger partial charge < -0.3 is 15.0 Å². The van der Waals surface area contributed by atoms with Crippen molar-refractivity contribution in [3.05, 3.63) is 18.5 Å². The summed E-state index contributed by atoms with van der Waals surface area (Å²) in [5.74, 6) is 1.09. The predicted octanol–water partition coefficient (Wildman–Crippen LogP) is 0.881. The maximum atomic E-state index is 12.7. The highest BCUT2D eigenvalue weighted by Gasteiger charge is 2.38. The maximum absolute atomic E-state index is 12.7. The van der Waals surface area contributed by atoms with Crippen molar-refractivity contribution in [2.75, 3.05) is 39.4 Å². The molecule has 0 radical (unpaired) electrons. The summed E-state index contributed by atoms with van der Waals surface area (Å²) in [7, 11) is 0. The van der Waals surface area contributed by atoms with Crippen LogP contribution in [0.1, 0.15) is 38.5 Å². The molecule has 160 valence electrons. The Morgan fingerprint density at radius 1 is 1.10 bits per heavy atom. The van der Waals surface area contributed by atoms with E-state index in [0.717, 1.165) is 25.3 Å². The highest BCUT2D eigenvalue weighted by Crippen LogP contribution is 2.35. The van der Waals surface area contributed by atoms with Crippen molar-refractivity contribution >= 4 is 11.8 Å². The van der Waals surface area contributed by atoms with E-state index < -0.39 is 0 Å². The molecule has 1 N–H and O–H groups in total. The molecule has 2 saturated heterocycles.